The molecule has 0 aliphatic heterocycles. The van der Waals surface area contributed by atoms with Gasteiger partial charge in [-0.25, -0.2) is 0 Å². The summed E-state index contributed by atoms with van der Waals surface area (Å²) in [6, 6.07) is 12.3. The second-order valence-corrected chi connectivity index (χ2v) is 6.02. The summed E-state index contributed by atoms with van der Waals surface area (Å²) in [6.07, 6.45) is 0. The van der Waals surface area contributed by atoms with Crippen LogP contribution in [0.15, 0.2) is 47.4 Å². The average Bonchev–Trinajstić information content (AvgIpc) is 2.38. The highest BCUT2D eigenvalue weighted by Crippen LogP contribution is 2.20. The van der Waals surface area contributed by atoms with Crippen LogP contribution in [0.4, 0.5) is 5.69 Å². The number of amides is 1. The summed E-state index contributed by atoms with van der Waals surface area (Å²) in [6.45, 7) is 1.93. The van der Waals surface area contributed by atoms with E-state index >= 15 is 0 Å². The van der Waals surface area contributed by atoms with E-state index in [1.807, 2.05) is 19.1 Å². The molecule has 104 valence electrons. The zero-order valence-electron chi connectivity index (χ0n) is 11.1. The maximum absolute atomic E-state index is 12.3. The topological polar surface area (TPSA) is 86.2 Å². The van der Waals surface area contributed by atoms with Crippen molar-refractivity contribution in [3.8, 4) is 0 Å². The maximum atomic E-state index is 12.3. The zero-order valence-corrected chi connectivity index (χ0v) is 11.9. The van der Waals surface area contributed by atoms with Crippen LogP contribution in [-0.2, 0) is 16.6 Å². The van der Waals surface area contributed by atoms with Crippen molar-refractivity contribution < 1.29 is 9.00 Å². The maximum Gasteiger partial charge on any atom is 0.248 e. The second-order valence-electron chi connectivity index (χ2n) is 4.60. The molecule has 2 aromatic carbocycles. The van der Waals surface area contributed by atoms with E-state index < -0.39 is 16.7 Å². The lowest BCUT2D eigenvalue weighted by Gasteiger charge is -2.07. The highest BCUT2D eigenvalue weighted by molar-refractivity contribution is 7.84. The number of carbonyl (C=O) groups is 1. The van der Waals surface area contributed by atoms with E-state index in [-0.39, 0.29) is 0 Å². The molecule has 0 spiro atoms. The molecule has 0 saturated carbocycles. The summed E-state index contributed by atoms with van der Waals surface area (Å²) < 4.78 is 12.3. The minimum atomic E-state index is -1.25. The molecule has 0 fully saturated rings. The first-order valence-electron chi connectivity index (χ1n) is 6.10. The fourth-order valence-corrected chi connectivity index (χ4v) is 3.10. The normalized spacial score (nSPS) is 12.1. The van der Waals surface area contributed by atoms with Crippen LogP contribution in [0.2, 0.25) is 0 Å². The molecule has 1 unspecified atom stereocenters. The Morgan fingerprint density at radius 2 is 1.95 bits per heavy atom. The number of nitrogen functional groups attached to an aromatic ring is 1. The van der Waals surface area contributed by atoms with Gasteiger partial charge in [0.25, 0.3) is 0 Å². The number of anilines is 1. The van der Waals surface area contributed by atoms with Crippen LogP contribution in [-0.4, -0.2) is 10.1 Å². The average molecular weight is 288 g/mol. The number of aryl methyl sites for hydroxylation is 1. The molecule has 5 heteroatoms. The van der Waals surface area contributed by atoms with Crippen molar-refractivity contribution in [2.24, 2.45) is 5.73 Å². The molecule has 0 aliphatic rings. The first-order valence-corrected chi connectivity index (χ1v) is 7.42. The lowest BCUT2D eigenvalue weighted by molar-refractivity contribution is 0.1000. The minimum absolute atomic E-state index is 0.300. The Kier molecular flexibility index (Phi) is 4.20. The first-order chi connectivity index (χ1) is 9.47. The van der Waals surface area contributed by atoms with E-state index in [4.69, 9.17) is 11.5 Å². The van der Waals surface area contributed by atoms with Crippen LogP contribution in [0, 0.1) is 6.92 Å². The van der Waals surface area contributed by atoms with Gasteiger partial charge in [0, 0.05) is 11.3 Å². The molecule has 0 saturated heterocycles. The molecular weight excluding hydrogens is 272 g/mol. The van der Waals surface area contributed by atoms with Crippen LogP contribution >= 0.6 is 0 Å². The first kappa shape index (κ1) is 14.3. The van der Waals surface area contributed by atoms with Gasteiger partial charge < -0.3 is 11.5 Å². The number of nitrogens with two attached hydrogens (primary N) is 2. The van der Waals surface area contributed by atoms with Gasteiger partial charge in [0.05, 0.1) is 21.4 Å². The molecule has 2 aromatic rings. The highest BCUT2D eigenvalue weighted by atomic mass is 32.2. The van der Waals surface area contributed by atoms with Gasteiger partial charge in [-0.05, 0) is 42.3 Å². The Hall–Kier alpha value is -2.14. The van der Waals surface area contributed by atoms with Gasteiger partial charge >= 0.3 is 0 Å². The molecule has 0 radical (unpaired) electrons. The minimum Gasteiger partial charge on any atom is -0.398 e. The molecular formula is C15H16N2O2S. The Labute approximate surface area is 120 Å². The Morgan fingerprint density at radius 3 is 2.60 bits per heavy atom. The van der Waals surface area contributed by atoms with E-state index in [0.29, 0.717) is 21.9 Å². The fourth-order valence-electron chi connectivity index (χ4n) is 1.92. The van der Waals surface area contributed by atoms with Crippen LogP contribution in [0.5, 0.6) is 0 Å². The number of rotatable bonds is 4. The molecule has 1 atom stereocenters. The highest BCUT2D eigenvalue weighted by Gasteiger charge is 2.10. The van der Waals surface area contributed by atoms with Crippen LogP contribution in [0.1, 0.15) is 21.5 Å². The van der Waals surface area contributed by atoms with Gasteiger partial charge in [-0.1, -0.05) is 18.2 Å². The van der Waals surface area contributed by atoms with Crippen molar-refractivity contribution in [3.63, 3.8) is 0 Å². The molecule has 0 aromatic heterocycles. The van der Waals surface area contributed by atoms with Crippen LogP contribution in [0.3, 0.4) is 0 Å². The van der Waals surface area contributed by atoms with Crippen molar-refractivity contribution in [2.45, 2.75) is 17.6 Å². The predicted octanol–water partition coefficient (Wildman–Crippen LogP) is 1.98. The monoisotopic (exact) mass is 288 g/mol. The van der Waals surface area contributed by atoms with Gasteiger partial charge in [-0.15, -0.1) is 0 Å². The third kappa shape index (κ3) is 3.24. The Balaban J connectivity index is 2.23. The Morgan fingerprint density at radius 1 is 1.20 bits per heavy atom. The molecule has 1 amide bonds. The predicted molar refractivity (Wildman–Crippen MR) is 80.7 cm³/mol. The van der Waals surface area contributed by atoms with E-state index in [2.05, 4.69) is 0 Å². The largest absolute Gasteiger partial charge is 0.398 e. The molecule has 4 nitrogen and oxygen atoms in total. The van der Waals surface area contributed by atoms with E-state index in [1.165, 1.54) is 0 Å². The summed E-state index contributed by atoms with van der Waals surface area (Å²) in [4.78, 5) is 11.7. The molecule has 20 heavy (non-hydrogen) atoms. The number of carbonyl (C=O) groups excluding carboxylic acids is 1. The quantitative estimate of drug-likeness (QED) is 0.843. The van der Waals surface area contributed by atoms with E-state index in [1.54, 1.807) is 30.3 Å². The number of hydrogen-bond donors (Lipinski definition) is 2. The van der Waals surface area contributed by atoms with Gasteiger partial charge in [0.2, 0.25) is 5.91 Å². The van der Waals surface area contributed by atoms with Gasteiger partial charge in [0.15, 0.2) is 0 Å². The molecule has 0 bridgehead atoms. The summed E-state index contributed by atoms with van der Waals surface area (Å²) in [5, 5.41) is 0. The third-order valence-electron chi connectivity index (χ3n) is 2.92. The van der Waals surface area contributed by atoms with Crippen LogP contribution in [0.25, 0.3) is 0 Å². The summed E-state index contributed by atoms with van der Waals surface area (Å²) in [5.41, 5.74) is 13.9. The van der Waals surface area contributed by atoms with E-state index in [9.17, 15) is 9.00 Å². The van der Waals surface area contributed by atoms with E-state index in [0.717, 1.165) is 11.1 Å². The number of primary amides is 1. The second kappa shape index (κ2) is 5.88. The molecule has 0 aliphatic carbocycles. The summed E-state index contributed by atoms with van der Waals surface area (Å²) in [7, 11) is -1.25. The van der Waals surface area contributed by atoms with Crippen molar-refractivity contribution in [1.82, 2.24) is 0 Å². The lowest BCUT2D eigenvalue weighted by atomic mass is 10.1. The molecule has 4 N–H and O–H groups in total. The van der Waals surface area contributed by atoms with Gasteiger partial charge in [-0.2, -0.15) is 0 Å². The summed E-state index contributed by atoms with van der Waals surface area (Å²) in [5.74, 6) is -0.193. The van der Waals surface area contributed by atoms with Gasteiger partial charge in [-0.3, -0.25) is 9.00 Å². The fraction of sp³-hybridized carbons (Fsp3) is 0.133. The lowest BCUT2D eigenvalue weighted by Crippen LogP contribution is -2.11. The zero-order chi connectivity index (χ0) is 14.7. The Bertz CT molecular complexity index is 683. The molecule has 0 heterocycles. The van der Waals surface area contributed by atoms with Gasteiger partial charge in [0.1, 0.15) is 0 Å². The van der Waals surface area contributed by atoms with Crippen molar-refractivity contribution in [1.29, 1.82) is 0 Å². The van der Waals surface area contributed by atoms with Crippen molar-refractivity contribution in [2.75, 3.05) is 5.73 Å². The molecule has 2 rings (SSSR count). The van der Waals surface area contributed by atoms with Crippen molar-refractivity contribution in [3.05, 3.63) is 59.2 Å². The third-order valence-corrected chi connectivity index (χ3v) is 4.38. The van der Waals surface area contributed by atoms with Crippen molar-refractivity contribution >= 4 is 22.4 Å². The standard InChI is InChI=1S/C15H16N2O2S/c1-10-5-6-14(13(16)7-10)20(19)9-11-3-2-4-12(8-11)15(17)18/h2-8H,9,16H2,1H3,(H2,17,18). The number of hydrogen-bond acceptors (Lipinski definition) is 3. The SMILES string of the molecule is Cc1ccc(S(=O)Cc2cccc(C(N)=O)c2)c(N)c1. The summed E-state index contributed by atoms with van der Waals surface area (Å²) >= 11 is 0. The number of benzene rings is 2. The smallest absolute Gasteiger partial charge is 0.248 e. The van der Waals surface area contributed by atoms with Crippen LogP contribution < -0.4 is 11.5 Å².